The normalized spacial score (nSPS) is 15.5. The van der Waals surface area contributed by atoms with Crippen LogP contribution in [0.15, 0.2) is 6.07 Å². The van der Waals surface area contributed by atoms with Crippen LogP contribution < -0.4 is 0 Å². The van der Waals surface area contributed by atoms with Gasteiger partial charge >= 0.3 is 0 Å². The number of aryl methyl sites for hydroxylation is 2. The van der Waals surface area contributed by atoms with Gasteiger partial charge < -0.3 is 5.11 Å². The van der Waals surface area contributed by atoms with E-state index in [1.54, 1.807) is 0 Å². The van der Waals surface area contributed by atoms with Gasteiger partial charge in [0.05, 0.1) is 0 Å². The minimum absolute atomic E-state index is 0.551. The first kappa shape index (κ1) is 8.61. The van der Waals surface area contributed by atoms with Crippen LogP contribution in [0.1, 0.15) is 35.1 Å². The molecule has 0 saturated heterocycles. The molecule has 0 amide bonds. The molecule has 1 nitrogen and oxygen atoms in total. The van der Waals surface area contributed by atoms with E-state index in [4.69, 9.17) is 0 Å². The zero-order valence-corrected chi connectivity index (χ0v) is 8.35. The molecular weight excluding hydrogens is 160 g/mol. The lowest BCUT2D eigenvalue weighted by molar-refractivity contribution is 0.457. The van der Waals surface area contributed by atoms with Crippen molar-refractivity contribution >= 4 is 0 Å². The Bertz CT molecular complexity index is 339. The number of hydrogen-bond donors (Lipinski definition) is 1. The zero-order chi connectivity index (χ0) is 9.42. The minimum Gasteiger partial charge on any atom is -0.507 e. The van der Waals surface area contributed by atoms with Crippen LogP contribution >= 0.6 is 0 Å². The number of phenols is 1. The van der Waals surface area contributed by atoms with Gasteiger partial charge in [0, 0.05) is 0 Å². The van der Waals surface area contributed by atoms with E-state index in [1.165, 1.54) is 29.5 Å². The molecule has 1 N–H and O–H groups in total. The van der Waals surface area contributed by atoms with Crippen LogP contribution in [0.25, 0.3) is 0 Å². The molecule has 0 heterocycles. The summed E-state index contributed by atoms with van der Waals surface area (Å²) in [6.45, 7) is 4.07. The zero-order valence-electron chi connectivity index (χ0n) is 8.35. The predicted molar refractivity (Wildman–Crippen MR) is 54.2 cm³/mol. The number of rotatable bonds is 0. The maximum absolute atomic E-state index is 9.92. The Hall–Kier alpha value is -0.980. The van der Waals surface area contributed by atoms with Crippen LogP contribution in [0.4, 0.5) is 0 Å². The Morgan fingerprint density at radius 2 is 1.85 bits per heavy atom. The summed E-state index contributed by atoms with van der Waals surface area (Å²) < 4.78 is 0. The largest absolute Gasteiger partial charge is 0.507 e. The Morgan fingerprint density at radius 1 is 1.15 bits per heavy atom. The van der Waals surface area contributed by atoms with Crippen molar-refractivity contribution in [3.8, 4) is 5.75 Å². The lowest BCUT2D eigenvalue weighted by atomic mass is 9.88. The van der Waals surface area contributed by atoms with Gasteiger partial charge in [0.15, 0.2) is 0 Å². The van der Waals surface area contributed by atoms with Crippen LogP contribution in [-0.4, -0.2) is 5.11 Å². The Morgan fingerprint density at radius 3 is 2.62 bits per heavy atom. The van der Waals surface area contributed by atoms with Crippen molar-refractivity contribution in [2.75, 3.05) is 0 Å². The Labute approximate surface area is 79.4 Å². The highest BCUT2D eigenvalue weighted by Gasteiger charge is 2.15. The first-order chi connectivity index (χ1) is 6.20. The third-order valence-corrected chi connectivity index (χ3v) is 3.13. The first-order valence-corrected chi connectivity index (χ1v) is 5.01. The second kappa shape index (κ2) is 3.06. The summed E-state index contributed by atoms with van der Waals surface area (Å²) in [5.41, 5.74) is 4.85. The highest BCUT2D eigenvalue weighted by Crippen LogP contribution is 2.33. The van der Waals surface area contributed by atoms with E-state index in [0.29, 0.717) is 5.75 Å². The van der Waals surface area contributed by atoms with Crippen LogP contribution in [0.2, 0.25) is 0 Å². The molecule has 2 rings (SSSR count). The molecule has 0 aliphatic heterocycles. The number of fused-ring (bicyclic) bond motifs is 1. The number of benzene rings is 1. The summed E-state index contributed by atoms with van der Waals surface area (Å²) in [5.74, 6) is 0.551. The summed E-state index contributed by atoms with van der Waals surface area (Å²) in [6.07, 6.45) is 4.70. The van der Waals surface area contributed by atoms with Gasteiger partial charge in [-0.2, -0.15) is 0 Å². The fraction of sp³-hybridized carbons (Fsp3) is 0.500. The average Bonchev–Trinajstić information content (AvgIpc) is 2.15. The van der Waals surface area contributed by atoms with Gasteiger partial charge in [-0.3, -0.25) is 0 Å². The fourth-order valence-electron chi connectivity index (χ4n) is 2.14. The van der Waals surface area contributed by atoms with Gasteiger partial charge in [0.1, 0.15) is 5.75 Å². The quantitative estimate of drug-likeness (QED) is 0.644. The van der Waals surface area contributed by atoms with E-state index < -0.39 is 0 Å². The molecule has 1 aliphatic carbocycles. The van der Waals surface area contributed by atoms with E-state index in [2.05, 4.69) is 13.0 Å². The average molecular weight is 176 g/mol. The van der Waals surface area contributed by atoms with E-state index in [0.717, 1.165) is 18.4 Å². The smallest absolute Gasteiger partial charge is 0.122 e. The summed E-state index contributed by atoms with van der Waals surface area (Å²) in [7, 11) is 0. The van der Waals surface area contributed by atoms with Crippen molar-refractivity contribution < 1.29 is 5.11 Å². The van der Waals surface area contributed by atoms with Gasteiger partial charge in [0.2, 0.25) is 0 Å². The van der Waals surface area contributed by atoms with Gasteiger partial charge in [-0.05, 0) is 61.8 Å². The number of hydrogen-bond acceptors (Lipinski definition) is 1. The number of phenolic OH excluding ortho intramolecular Hbond substituents is 1. The van der Waals surface area contributed by atoms with Crippen LogP contribution in [-0.2, 0) is 12.8 Å². The van der Waals surface area contributed by atoms with Crippen molar-refractivity contribution in [3.05, 3.63) is 28.3 Å². The molecule has 13 heavy (non-hydrogen) atoms. The van der Waals surface area contributed by atoms with E-state index in [9.17, 15) is 5.11 Å². The van der Waals surface area contributed by atoms with Crippen LogP contribution in [0.3, 0.4) is 0 Å². The monoisotopic (exact) mass is 176 g/mol. The lowest BCUT2D eigenvalue weighted by Gasteiger charge is -2.19. The molecule has 1 aliphatic rings. The maximum Gasteiger partial charge on any atom is 0.122 e. The predicted octanol–water partition coefficient (Wildman–Crippen LogP) is 2.89. The van der Waals surface area contributed by atoms with Gasteiger partial charge in [-0.15, -0.1) is 0 Å². The Kier molecular flexibility index (Phi) is 2.03. The highest BCUT2D eigenvalue weighted by atomic mass is 16.3. The topological polar surface area (TPSA) is 20.2 Å². The fourth-order valence-corrected chi connectivity index (χ4v) is 2.14. The van der Waals surface area contributed by atoms with E-state index in [-0.39, 0.29) is 0 Å². The third kappa shape index (κ3) is 1.32. The summed E-state index contributed by atoms with van der Waals surface area (Å²) in [6, 6.07) is 2.24. The molecule has 0 unspecified atom stereocenters. The van der Waals surface area contributed by atoms with Gasteiger partial charge in [-0.1, -0.05) is 6.07 Å². The molecule has 70 valence electrons. The van der Waals surface area contributed by atoms with Crippen molar-refractivity contribution in [2.45, 2.75) is 39.5 Å². The molecule has 0 fully saturated rings. The van der Waals surface area contributed by atoms with Gasteiger partial charge in [0.25, 0.3) is 0 Å². The highest BCUT2D eigenvalue weighted by molar-refractivity contribution is 5.49. The molecule has 1 aromatic rings. The standard InChI is InChI=1S/C12H16O/c1-8-7-10-5-3-4-6-11(10)12(13)9(8)2/h7,13H,3-6H2,1-2H3. The summed E-state index contributed by atoms with van der Waals surface area (Å²) in [4.78, 5) is 0. The van der Waals surface area contributed by atoms with Crippen molar-refractivity contribution in [3.63, 3.8) is 0 Å². The van der Waals surface area contributed by atoms with E-state index >= 15 is 0 Å². The molecule has 0 saturated carbocycles. The molecule has 0 aromatic heterocycles. The summed E-state index contributed by atoms with van der Waals surface area (Å²) in [5, 5.41) is 9.92. The second-order valence-corrected chi connectivity index (χ2v) is 4.01. The molecule has 1 aromatic carbocycles. The molecule has 0 spiro atoms. The molecule has 0 bridgehead atoms. The van der Waals surface area contributed by atoms with Crippen molar-refractivity contribution in [1.29, 1.82) is 0 Å². The maximum atomic E-state index is 9.92. The summed E-state index contributed by atoms with van der Waals surface area (Å²) >= 11 is 0. The van der Waals surface area contributed by atoms with Gasteiger partial charge in [-0.25, -0.2) is 0 Å². The Balaban J connectivity index is 2.60. The molecular formula is C12H16O. The molecule has 0 radical (unpaired) electrons. The van der Waals surface area contributed by atoms with Crippen LogP contribution in [0.5, 0.6) is 5.75 Å². The second-order valence-electron chi connectivity index (χ2n) is 4.01. The SMILES string of the molecule is Cc1cc2c(c(O)c1C)CCCC2. The third-order valence-electron chi connectivity index (χ3n) is 3.13. The van der Waals surface area contributed by atoms with Crippen LogP contribution in [0, 0.1) is 13.8 Å². The van der Waals surface area contributed by atoms with Crippen molar-refractivity contribution in [2.24, 2.45) is 0 Å². The van der Waals surface area contributed by atoms with Crippen molar-refractivity contribution in [1.82, 2.24) is 0 Å². The molecule has 0 atom stereocenters. The first-order valence-electron chi connectivity index (χ1n) is 5.01. The number of aromatic hydroxyl groups is 1. The van der Waals surface area contributed by atoms with E-state index in [1.807, 2.05) is 6.92 Å². The minimum atomic E-state index is 0.551. The molecule has 1 heteroatoms. The lowest BCUT2D eigenvalue weighted by Crippen LogP contribution is -2.04.